The molecule has 0 amide bonds. The molecule has 0 saturated carbocycles. The van der Waals surface area contributed by atoms with Gasteiger partial charge in [0.25, 0.3) is 0 Å². The third-order valence-corrected chi connectivity index (χ3v) is 5.19. The lowest BCUT2D eigenvalue weighted by Crippen LogP contribution is -2.13. The first-order valence-corrected chi connectivity index (χ1v) is 10.6. The fourth-order valence-electron chi connectivity index (χ4n) is 3.19. The van der Waals surface area contributed by atoms with Crippen LogP contribution < -0.4 is 14.2 Å². The number of carbonyl (C=O) groups is 2. The third-order valence-electron chi connectivity index (χ3n) is 5.19. The second kappa shape index (κ2) is 10.2. The number of hydrogen-bond acceptors (Lipinski definition) is 5. The number of ether oxygens (including phenoxy) is 3. The molecule has 3 rings (SSSR count). The fraction of sp³-hybridized carbons (Fsp3) is 0.214. The van der Waals surface area contributed by atoms with Gasteiger partial charge in [0.15, 0.2) is 5.78 Å². The van der Waals surface area contributed by atoms with Gasteiger partial charge in [-0.25, -0.2) is 4.79 Å². The van der Waals surface area contributed by atoms with E-state index < -0.39 is 5.97 Å². The molecule has 0 aliphatic carbocycles. The van der Waals surface area contributed by atoms with Gasteiger partial charge >= 0.3 is 5.97 Å². The van der Waals surface area contributed by atoms with Crippen LogP contribution in [0.3, 0.4) is 0 Å². The molecule has 0 radical (unpaired) electrons. The van der Waals surface area contributed by atoms with Crippen molar-refractivity contribution in [2.45, 2.75) is 26.2 Å². The number of esters is 1. The molecule has 3 aromatic carbocycles. The summed E-state index contributed by atoms with van der Waals surface area (Å²) in [4.78, 5) is 25.0. The van der Waals surface area contributed by atoms with Crippen molar-refractivity contribution in [3.8, 4) is 17.2 Å². The van der Waals surface area contributed by atoms with Crippen LogP contribution in [-0.2, 0) is 5.41 Å². The normalized spacial score (nSPS) is 11.3. The maximum atomic E-state index is 12.6. The molecule has 0 N–H and O–H groups in total. The maximum Gasteiger partial charge on any atom is 0.343 e. The summed E-state index contributed by atoms with van der Waals surface area (Å²) in [5, 5.41) is 0. The Kier molecular flexibility index (Phi) is 7.34. The van der Waals surface area contributed by atoms with Crippen molar-refractivity contribution in [3.63, 3.8) is 0 Å². The van der Waals surface area contributed by atoms with Gasteiger partial charge in [-0.3, -0.25) is 4.79 Å². The number of ketones is 1. The van der Waals surface area contributed by atoms with Crippen LogP contribution in [-0.4, -0.2) is 26.0 Å². The Morgan fingerprint density at radius 1 is 0.758 bits per heavy atom. The molecule has 0 spiro atoms. The lowest BCUT2D eigenvalue weighted by molar-refractivity contribution is 0.0734. The van der Waals surface area contributed by atoms with Crippen LogP contribution in [0.5, 0.6) is 17.2 Å². The summed E-state index contributed by atoms with van der Waals surface area (Å²) >= 11 is 0. The molecule has 0 saturated heterocycles. The van der Waals surface area contributed by atoms with Crippen LogP contribution >= 0.6 is 0 Å². The average Bonchev–Trinajstić information content (AvgIpc) is 2.82. The van der Waals surface area contributed by atoms with Crippen LogP contribution in [0.15, 0.2) is 72.8 Å². The van der Waals surface area contributed by atoms with E-state index in [9.17, 15) is 9.59 Å². The van der Waals surface area contributed by atoms with E-state index in [-0.39, 0.29) is 11.2 Å². The first kappa shape index (κ1) is 23.8. The van der Waals surface area contributed by atoms with Crippen molar-refractivity contribution in [2.75, 3.05) is 14.2 Å². The van der Waals surface area contributed by atoms with Crippen molar-refractivity contribution in [2.24, 2.45) is 0 Å². The van der Waals surface area contributed by atoms with Crippen LogP contribution in [0, 0.1) is 0 Å². The largest absolute Gasteiger partial charge is 0.497 e. The highest BCUT2D eigenvalue weighted by Gasteiger charge is 2.15. The standard InChI is InChI=1S/C28H28O5/c1-28(2,3)22-11-6-20(7-12-22)27(30)33-23-13-8-19(9-14-23)25(29)16-10-21-18-24(31-4)15-17-26(21)32-5/h6-18H,1-5H3. The minimum absolute atomic E-state index is 0.0109. The SMILES string of the molecule is COc1ccc(OC)c(C=CC(=O)c2ccc(OC(=O)c3ccc(C(C)(C)C)cc3)cc2)c1. The zero-order valence-electron chi connectivity index (χ0n) is 19.5. The van der Waals surface area contributed by atoms with Gasteiger partial charge in [-0.15, -0.1) is 0 Å². The first-order valence-electron chi connectivity index (χ1n) is 10.6. The van der Waals surface area contributed by atoms with Gasteiger partial charge in [0.05, 0.1) is 19.8 Å². The van der Waals surface area contributed by atoms with Gasteiger partial charge in [-0.1, -0.05) is 32.9 Å². The van der Waals surface area contributed by atoms with E-state index in [0.717, 1.165) is 11.1 Å². The summed E-state index contributed by atoms with van der Waals surface area (Å²) in [6.07, 6.45) is 3.15. The molecule has 33 heavy (non-hydrogen) atoms. The summed E-state index contributed by atoms with van der Waals surface area (Å²) < 4.78 is 16.0. The first-order chi connectivity index (χ1) is 15.7. The van der Waals surface area contributed by atoms with E-state index >= 15 is 0 Å². The molecule has 0 aromatic heterocycles. The molecule has 0 bridgehead atoms. The number of methoxy groups -OCH3 is 2. The number of allylic oxidation sites excluding steroid dienone is 1. The molecule has 170 valence electrons. The smallest absolute Gasteiger partial charge is 0.343 e. The lowest BCUT2D eigenvalue weighted by atomic mass is 9.87. The fourth-order valence-corrected chi connectivity index (χ4v) is 3.19. The van der Waals surface area contributed by atoms with Gasteiger partial charge in [-0.05, 0) is 77.7 Å². The van der Waals surface area contributed by atoms with E-state index in [1.54, 1.807) is 74.9 Å². The summed E-state index contributed by atoms with van der Waals surface area (Å²) in [7, 11) is 3.15. The number of carbonyl (C=O) groups excluding carboxylic acids is 2. The molecule has 5 nitrogen and oxygen atoms in total. The zero-order valence-corrected chi connectivity index (χ0v) is 19.5. The van der Waals surface area contributed by atoms with Gasteiger partial charge in [0, 0.05) is 11.1 Å². The zero-order chi connectivity index (χ0) is 24.0. The minimum atomic E-state index is -0.445. The summed E-state index contributed by atoms with van der Waals surface area (Å²) in [5.41, 5.74) is 2.83. The van der Waals surface area contributed by atoms with E-state index in [1.807, 2.05) is 12.1 Å². The summed E-state index contributed by atoms with van der Waals surface area (Å²) in [5.74, 6) is 1.05. The van der Waals surface area contributed by atoms with E-state index in [1.165, 1.54) is 6.08 Å². The second-order valence-electron chi connectivity index (χ2n) is 8.55. The van der Waals surface area contributed by atoms with Crippen molar-refractivity contribution < 1.29 is 23.8 Å². The Balaban J connectivity index is 1.67. The minimum Gasteiger partial charge on any atom is -0.497 e. The third kappa shape index (κ3) is 6.10. The molecular formula is C28H28O5. The van der Waals surface area contributed by atoms with E-state index in [4.69, 9.17) is 14.2 Å². The lowest BCUT2D eigenvalue weighted by Gasteiger charge is -2.18. The van der Waals surface area contributed by atoms with Crippen LogP contribution in [0.2, 0.25) is 0 Å². The van der Waals surface area contributed by atoms with Gasteiger partial charge < -0.3 is 14.2 Å². The molecular weight excluding hydrogens is 416 g/mol. The topological polar surface area (TPSA) is 61.8 Å². The van der Waals surface area contributed by atoms with Gasteiger partial charge in [0.1, 0.15) is 17.2 Å². The van der Waals surface area contributed by atoms with Crippen molar-refractivity contribution >= 4 is 17.8 Å². The quantitative estimate of drug-likeness (QED) is 0.190. The molecule has 0 fully saturated rings. The highest BCUT2D eigenvalue weighted by atomic mass is 16.5. The molecule has 0 atom stereocenters. The Morgan fingerprint density at radius 2 is 1.36 bits per heavy atom. The predicted octanol–water partition coefficient (Wildman–Crippen LogP) is 6.12. The molecule has 0 unspecified atom stereocenters. The van der Waals surface area contributed by atoms with Crippen molar-refractivity contribution in [3.05, 3.63) is 95.1 Å². The maximum absolute atomic E-state index is 12.6. The number of rotatable bonds is 7. The molecule has 0 aliphatic heterocycles. The Labute approximate surface area is 194 Å². The highest BCUT2D eigenvalue weighted by molar-refractivity contribution is 6.07. The van der Waals surface area contributed by atoms with Crippen molar-refractivity contribution in [1.82, 2.24) is 0 Å². The molecule has 0 aliphatic rings. The number of hydrogen-bond donors (Lipinski definition) is 0. The van der Waals surface area contributed by atoms with Gasteiger partial charge in [0.2, 0.25) is 0 Å². The predicted molar refractivity (Wildman–Crippen MR) is 129 cm³/mol. The molecule has 3 aromatic rings. The average molecular weight is 445 g/mol. The Morgan fingerprint density at radius 3 is 1.94 bits per heavy atom. The summed E-state index contributed by atoms with van der Waals surface area (Å²) in [6.45, 7) is 6.35. The Bertz CT molecular complexity index is 1150. The van der Waals surface area contributed by atoms with E-state index in [0.29, 0.717) is 28.4 Å². The van der Waals surface area contributed by atoms with Crippen LogP contribution in [0.4, 0.5) is 0 Å². The molecule has 0 heterocycles. The van der Waals surface area contributed by atoms with E-state index in [2.05, 4.69) is 20.8 Å². The number of benzene rings is 3. The van der Waals surface area contributed by atoms with Crippen LogP contribution in [0.1, 0.15) is 52.6 Å². The summed E-state index contributed by atoms with van der Waals surface area (Å²) in [6, 6.07) is 19.2. The molecule has 5 heteroatoms. The Hall–Kier alpha value is -3.86. The van der Waals surface area contributed by atoms with Crippen molar-refractivity contribution in [1.29, 1.82) is 0 Å². The van der Waals surface area contributed by atoms with Crippen LogP contribution in [0.25, 0.3) is 6.08 Å². The second-order valence-corrected chi connectivity index (χ2v) is 8.55. The highest BCUT2D eigenvalue weighted by Crippen LogP contribution is 2.26. The monoisotopic (exact) mass is 444 g/mol. The van der Waals surface area contributed by atoms with Gasteiger partial charge in [-0.2, -0.15) is 0 Å².